The van der Waals surface area contributed by atoms with Gasteiger partial charge in [0.2, 0.25) is 5.91 Å². The average Bonchev–Trinajstić information content (AvgIpc) is 2.96. The smallest absolute Gasteiger partial charge is 0.234 e. The first-order valence-electron chi connectivity index (χ1n) is 7.61. The average molecular weight is 266 g/mol. The second-order valence-corrected chi connectivity index (χ2v) is 5.47. The summed E-state index contributed by atoms with van der Waals surface area (Å²) in [5.41, 5.74) is 1.55. The molecule has 1 saturated heterocycles. The van der Waals surface area contributed by atoms with E-state index >= 15 is 0 Å². The van der Waals surface area contributed by atoms with E-state index in [0.29, 0.717) is 13.1 Å². The molecular weight excluding hydrogens is 240 g/mol. The van der Waals surface area contributed by atoms with Crippen molar-refractivity contribution < 1.29 is 9.53 Å². The molecule has 19 heavy (non-hydrogen) atoms. The summed E-state index contributed by atoms with van der Waals surface area (Å²) in [7, 11) is 0. The van der Waals surface area contributed by atoms with Crippen LogP contribution in [0, 0.1) is 0 Å². The van der Waals surface area contributed by atoms with Gasteiger partial charge in [-0.25, -0.2) is 0 Å². The number of ether oxygens (including phenoxy) is 1. The second-order valence-electron chi connectivity index (χ2n) is 5.47. The minimum atomic E-state index is 0.0770. The predicted molar refractivity (Wildman–Crippen MR) is 76.0 cm³/mol. The molecule has 1 atom stereocenters. The highest BCUT2D eigenvalue weighted by atomic mass is 16.5. The van der Waals surface area contributed by atoms with Gasteiger partial charge in [-0.1, -0.05) is 11.6 Å². The lowest BCUT2D eigenvalue weighted by molar-refractivity contribution is -0.120. The Balaban J connectivity index is 1.47. The molecule has 2 rings (SSSR count). The van der Waals surface area contributed by atoms with Crippen LogP contribution in [0.5, 0.6) is 0 Å². The Morgan fingerprint density at radius 1 is 1.37 bits per heavy atom. The molecule has 108 valence electrons. The van der Waals surface area contributed by atoms with Crippen LogP contribution < -0.4 is 10.6 Å². The molecule has 4 heteroatoms. The molecule has 0 aromatic heterocycles. The Labute approximate surface area is 116 Å². The normalized spacial score (nSPS) is 23.2. The van der Waals surface area contributed by atoms with Crippen LogP contribution in [-0.4, -0.2) is 38.3 Å². The lowest BCUT2D eigenvalue weighted by Crippen LogP contribution is -2.38. The summed E-state index contributed by atoms with van der Waals surface area (Å²) >= 11 is 0. The number of carbonyl (C=O) groups excluding carboxylic acids is 1. The van der Waals surface area contributed by atoms with Crippen molar-refractivity contribution in [2.45, 2.75) is 51.0 Å². The Kier molecular flexibility index (Phi) is 6.37. The summed E-state index contributed by atoms with van der Waals surface area (Å²) in [6, 6.07) is 0. The van der Waals surface area contributed by atoms with Crippen molar-refractivity contribution in [2.75, 3.05) is 26.2 Å². The molecule has 0 radical (unpaired) electrons. The number of nitrogens with one attached hydrogen (secondary N) is 2. The molecule has 0 saturated carbocycles. The van der Waals surface area contributed by atoms with Gasteiger partial charge in [0.1, 0.15) is 0 Å². The van der Waals surface area contributed by atoms with Crippen molar-refractivity contribution in [3.05, 3.63) is 11.6 Å². The highest BCUT2D eigenvalue weighted by Crippen LogP contribution is 2.19. The van der Waals surface area contributed by atoms with E-state index in [1.807, 2.05) is 0 Å². The van der Waals surface area contributed by atoms with Crippen LogP contribution >= 0.6 is 0 Å². The van der Waals surface area contributed by atoms with E-state index in [0.717, 1.165) is 32.4 Å². The van der Waals surface area contributed by atoms with Gasteiger partial charge in [-0.3, -0.25) is 4.79 Å². The zero-order chi connectivity index (χ0) is 13.3. The standard InChI is InChI=1S/C15H26N2O2/c18-15(17-11-14-7-4-10-19-14)12-16-9-8-13-5-2-1-3-6-13/h5,14,16H,1-4,6-12H2,(H,17,18). The molecule has 1 fully saturated rings. The Hall–Kier alpha value is -0.870. The Morgan fingerprint density at radius 3 is 3.05 bits per heavy atom. The van der Waals surface area contributed by atoms with Gasteiger partial charge in [0.15, 0.2) is 0 Å². The van der Waals surface area contributed by atoms with Gasteiger partial charge in [-0.05, 0) is 51.5 Å². The van der Waals surface area contributed by atoms with E-state index in [2.05, 4.69) is 16.7 Å². The molecule has 4 nitrogen and oxygen atoms in total. The summed E-state index contributed by atoms with van der Waals surface area (Å²) in [5.74, 6) is 0.0770. The van der Waals surface area contributed by atoms with Gasteiger partial charge in [0, 0.05) is 13.2 Å². The number of rotatable bonds is 7. The maximum absolute atomic E-state index is 11.6. The number of allylic oxidation sites excluding steroid dienone is 1. The van der Waals surface area contributed by atoms with Gasteiger partial charge in [-0.15, -0.1) is 0 Å². The zero-order valence-electron chi connectivity index (χ0n) is 11.7. The minimum absolute atomic E-state index is 0.0770. The van der Waals surface area contributed by atoms with Gasteiger partial charge < -0.3 is 15.4 Å². The molecule has 0 aromatic carbocycles. The molecule has 2 aliphatic rings. The highest BCUT2D eigenvalue weighted by molar-refractivity contribution is 5.77. The molecule has 1 unspecified atom stereocenters. The van der Waals surface area contributed by atoms with E-state index in [1.165, 1.54) is 25.7 Å². The molecule has 0 spiro atoms. The third kappa shape index (κ3) is 5.74. The number of hydrogen-bond acceptors (Lipinski definition) is 3. The number of carbonyl (C=O) groups is 1. The molecule has 2 N–H and O–H groups in total. The quantitative estimate of drug-likeness (QED) is 0.545. The van der Waals surface area contributed by atoms with Gasteiger partial charge >= 0.3 is 0 Å². The first kappa shape index (κ1) is 14.5. The van der Waals surface area contributed by atoms with E-state index in [9.17, 15) is 4.79 Å². The molecule has 1 aliphatic carbocycles. The molecule has 0 bridgehead atoms. The summed E-state index contributed by atoms with van der Waals surface area (Å²) in [5, 5.41) is 6.14. The van der Waals surface area contributed by atoms with Crippen LogP contribution in [0.25, 0.3) is 0 Å². The molecular formula is C15H26N2O2. The second kappa shape index (κ2) is 8.33. The van der Waals surface area contributed by atoms with Gasteiger partial charge in [0.05, 0.1) is 12.6 Å². The predicted octanol–water partition coefficient (Wildman–Crippen LogP) is 1.76. The highest BCUT2D eigenvalue weighted by Gasteiger charge is 2.15. The molecule has 1 amide bonds. The first-order valence-corrected chi connectivity index (χ1v) is 7.61. The lowest BCUT2D eigenvalue weighted by atomic mass is 9.97. The Morgan fingerprint density at radius 2 is 2.32 bits per heavy atom. The van der Waals surface area contributed by atoms with Gasteiger partial charge in [0.25, 0.3) is 0 Å². The van der Waals surface area contributed by atoms with Crippen LogP contribution in [0.4, 0.5) is 0 Å². The van der Waals surface area contributed by atoms with E-state index in [1.54, 1.807) is 5.57 Å². The number of hydrogen-bond donors (Lipinski definition) is 2. The van der Waals surface area contributed by atoms with Crippen molar-refractivity contribution in [3.8, 4) is 0 Å². The van der Waals surface area contributed by atoms with Crippen molar-refractivity contribution in [1.82, 2.24) is 10.6 Å². The fraction of sp³-hybridized carbons (Fsp3) is 0.800. The first-order chi connectivity index (χ1) is 9.34. The van der Waals surface area contributed by atoms with Crippen LogP contribution in [0.3, 0.4) is 0 Å². The summed E-state index contributed by atoms with van der Waals surface area (Å²) in [6.07, 6.45) is 11.0. The molecule has 1 heterocycles. The van der Waals surface area contributed by atoms with Crippen molar-refractivity contribution in [2.24, 2.45) is 0 Å². The maximum atomic E-state index is 11.6. The fourth-order valence-electron chi connectivity index (χ4n) is 2.68. The van der Waals surface area contributed by atoms with Crippen molar-refractivity contribution >= 4 is 5.91 Å². The zero-order valence-corrected chi connectivity index (χ0v) is 11.7. The summed E-state index contributed by atoms with van der Waals surface area (Å²) < 4.78 is 5.47. The van der Waals surface area contributed by atoms with Crippen LogP contribution in [0.15, 0.2) is 11.6 Å². The Bertz CT molecular complexity index is 309. The van der Waals surface area contributed by atoms with Crippen molar-refractivity contribution in [3.63, 3.8) is 0 Å². The van der Waals surface area contributed by atoms with Crippen LogP contribution in [0.2, 0.25) is 0 Å². The largest absolute Gasteiger partial charge is 0.376 e. The summed E-state index contributed by atoms with van der Waals surface area (Å²) in [4.78, 5) is 11.6. The molecule has 1 aliphatic heterocycles. The topological polar surface area (TPSA) is 50.4 Å². The SMILES string of the molecule is O=C(CNCCC1=CCCCC1)NCC1CCCO1. The van der Waals surface area contributed by atoms with E-state index < -0.39 is 0 Å². The number of amides is 1. The summed E-state index contributed by atoms with van der Waals surface area (Å²) in [6.45, 7) is 2.82. The van der Waals surface area contributed by atoms with Gasteiger partial charge in [-0.2, -0.15) is 0 Å². The lowest BCUT2D eigenvalue weighted by Gasteiger charge is -2.13. The van der Waals surface area contributed by atoms with E-state index in [-0.39, 0.29) is 12.0 Å². The van der Waals surface area contributed by atoms with Crippen LogP contribution in [-0.2, 0) is 9.53 Å². The maximum Gasteiger partial charge on any atom is 0.234 e. The third-order valence-corrected chi connectivity index (χ3v) is 3.84. The minimum Gasteiger partial charge on any atom is -0.376 e. The van der Waals surface area contributed by atoms with Crippen molar-refractivity contribution in [1.29, 1.82) is 0 Å². The van der Waals surface area contributed by atoms with E-state index in [4.69, 9.17) is 4.74 Å². The fourth-order valence-corrected chi connectivity index (χ4v) is 2.68. The third-order valence-electron chi connectivity index (χ3n) is 3.84. The van der Waals surface area contributed by atoms with Crippen LogP contribution in [0.1, 0.15) is 44.9 Å². The monoisotopic (exact) mass is 266 g/mol. The molecule has 0 aromatic rings.